The SMILES string of the molecule is C=CCCCCC(C)NCc1cccn1C. The average Bonchev–Trinajstić information content (AvgIpc) is 2.67. The number of hydrogen-bond acceptors (Lipinski definition) is 1. The second-order valence-electron chi connectivity index (χ2n) is 4.47. The first-order valence-corrected chi connectivity index (χ1v) is 6.18. The van der Waals surface area contributed by atoms with E-state index in [0.29, 0.717) is 6.04 Å². The smallest absolute Gasteiger partial charge is 0.0361 e. The van der Waals surface area contributed by atoms with Gasteiger partial charge < -0.3 is 9.88 Å². The summed E-state index contributed by atoms with van der Waals surface area (Å²) in [5.41, 5.74) is 1.35. The Bertz CT molecular complexity index is 301. The Balaban J connectivity index is 2.13. The predicted octanol–water partition coefficient (Wildman–Crippen LogP) is 3.25. The summed E-state index contributed by atoms with van der Waals surface area (Å²) in [5.74, 6) is 0. The van der Waals surface area contributed by atoms with Gasteiger partial charge in [-0.25, -0.2) is 0 Å². The topological polar surface area (TPSA) is 17.0 Å². The van der Waals surface area contributed by atoms with E-state index in [1.807, 2.05) is 6.08 Å². The standard InChI is InChI=1S/C14H24N2/c1-4-5-6-7-9-13(2)15-12-14-10-8-11-16(14)3/h4,8,10-11,13,15H,1,5-7,9,12H2,2-3H3. The summed E-state index contributed by atoms with van der Waals surface area (Å²) < 4.78 is 2.16. The fourth-order valence-electron chi connectivity index (χ4n) is 1.80. The van der Waals surface area contributed by atoms with E-state index in [-0.39, 0.29) is 0 Å². The van der Waals surface area contributed by atoms with Crippen LogP contribution >= 0.6 is 0 Å². The van der Waals surface area contributed by atoms with Gasteiger partial charge in [0.25, 0.3) is 0 Å². The Kier molecular flexibility index (Phi) is 5.94. The summed E-state index contributed by atoms with van der Waals surface area (Å²) in [6, 6.07) is 4.85. The molecule has 0 spiro atoms. The first-order valence-electron chi connectivity index (χ1n) is 6.18. The first kappa shape index (κ1) is 13.0. The molecule has 0 fully saturated rings. The van der Waals surface area contributed by atoms with Crippen LogP contribution in [-0.4, -0.2) is 10.6 Å². The number of nitrogens with zero attached hydrogens (tertiary/aromatic N) is 1. The van der Waals surface area contributed by atoms with E-state index in [1.54, 1.807) is 0 Å². The molecule has 0 saturated heterocycles. The number of unbranched alkanes of at least 4 members (excludes halogenated alkanes) is 2. The van der Waals surface area contributed by atoms with Gasteiger partial charge >= 0.3 is 0 Å². The lowest BCUT2D eigenvalue weighted by Gasteiger charge is -2.13. The minimum atomic E-state index is 0.597. The molecule has 0 saturated carbocycles. The Morgan fingerprint density at radius 3 is 2.94 bits per heavy atom. The molecule has 0 aliphatic rings. The Labute approximate surface area is 99.4 Å². The van der Waals surface area contributed by atoms with Crippen LogP contribution < -0.4 is 5.32 Å². The largest absolute Gasteiger partial charge is 0.353 e. The van der Waals surface area contributed by atoms with Crippen molar-refractivity contribution in [2.24, 2.45) is 7.05 Å². The first-order chi connectivity index (χ1) is 7.74. The summed E-state index contributed by atoms with van der Waals surface area (Å²) in [5, 5.41) is 3.56. The van der Waals surface area contributed by atoms with Crippen molar-refractivity contribution in [2.75, 3.05) is 0 Å². The molecule has 1 rings (SSSR count). The second-order valence-corrected chi connectivity index (χ2v) is 4.47. The molecule has 1 aromatic rings. The lowest BCUT2D eigenvalue weighted by atomic mass is 10.1. The molecule has 1 N–H and O–H groups in total. The van der Waals surface area contributed by atoms with Gasteiger partial charge in [0.15, 0.2) is 0 Å². The van der Waals surface area contributed by atoms with Crippen molar-refractivity contribution in [1.29, 1.82) is 0 Å². The van der Waals surface area contributed by atoms with E-state index in [4.69, 9.17) is 0 Å². The zero-order valence-corrected chi connectivity index (χ0v) is 10.6. The Morgan fingerprint density at radius 1 is 1.50 bits per heavy atom. The van der Waals surface area contributed by atoms with Crippen LogP contribution in [0.15, 0.2) is 31.0 Å². The van der Waals surface area contributed by atoms with Crippen LogP contribution in [0.5, 0.6) is 0 Å². The van der Waals surface area contributed by atoms with Crippen molar-refractivity contribution in [2.45, 2.75) is 45.2 Å². The highest BCUT2D eigenvalue weighted by Gasteiger charge is 2.02. The summed E-state index contributed by atoms with van der Waals surface area (Å²) in [6.45, 7) is 6.96. The van der Waals surface area contributed by atoms with Gasteiger partial charge in [0, 0.05) is 31.5 Å². The Hall–Kier alpha value is -1.02. The van der Waals surface area contributed by atoms with E-state index in [2.05, 4.69) is 48.8 Å². The van der Waals surface area contributed by atoms with Gasteiger partial charge in [0.2, 0.25) is 0 Å². The molecule has 0 aromatic carbocycles. The van der Waals surface area contributed by atoms with Crippen molar-refractivity contribution >= 4 is 0 Å². The van der Waals surface area contributed by atoms with Crippen LogP contribution in [-0.2, 0) is 13.6 Å². The lowest BCUT2D eigenvalue weighted by Crippen LogP contribution is -2.26. The van der Waals surface area contributed by atoms with E-state index >= 15 is 0 Å². The molecular weight excluding hydrogens is 196 g/mol. The summed E-state index contributed by atoms with van der Waals surface area (Å²) >= 11 is 0. The molecule has 0 amide bonds. The molecule has 0 bridgehead atoms. The van der Waals surface area contributed by atoms with Crippen molar-refractivity contribution < 1.29 is 0 Å². The van der Waals surface area contributed by atoms with Crippen molar-refractivity contribution in [3.63, 3.8) is 0 Å². The third-order valence-electron chi connectivity index (χ3n) is 2.98. The predicted molar refractivity (Wildman–Crippen MR) is 70.4 cm³/mol. The third kappa shape index (κ3) is 4.67. The summed E-state index contributed by atoms with van der Waals surface area (Å²) in [7, 11) is 2.09. The molecule has 1 heterocycles. The molecular formula is C14H24N2. The fourth-order valence-corrected chi connectivity index (χ4v) is 1.80. The number of nitrogens with one attached hydrogen (secondary N) is 1. The van der Waals surface area contributed by atoms with E-state index in [1.165, 1.54) is 25.0 Å². The van der Waals surface area contributed by atoms with Gasteiger partial charge in [-0.05, 0) is 38.3 Å². The maximum Gasteiger partial charge on any atom is 0.0361 e. The zero-order valence-electron chi connectivity index (χ0n) is 10.6. The fraction of sp³-hybridized carbons (Fsp3) is 0.571. The van der Waals surface area contributed by atoms with Crippen molar-refractivity contribution in [1.82, 2.24) is 9.88 Å². The average molecular weight is 220 g/mol. The summed E-state index contributed by atoms with van der Waals surface area (Å²) in [4.78, 5) is 0. The molecule has 1 atom stereocenters. The molecule has 0 aliphatic carbocycles. The van der Waals surface area contributed by atoms with Crippen LogP contribution in [0, 0.1) is 0 Å². The van der Waals surface area contributed by atoms with Gasteiger partial charge in [-0.1, -0.05) is 12.5 Å². The highest BCUT2D eigenvalue weighted by molar-refractivity contribution is 5.06. The van der Waals surface area contributed by atoms with E-state index in [9.17, 15) is 0 Å². The second kappa shape index (κ2) is 7.29. The number of aryl methyl sites for hydroxylation is 1. The number of hydrogen-bond donors (Lipinski definition) is 1. The van der Waals surface area contributed by atoms with E-state index in [0.717, 1.165) is 13.0 Å². The van der Waals surface area contributed by atoms with Crippen LogP contribution in [0.2, 0.25) is 0 Å². The van der Waals surface area contributed by atoms with Gasteiger partial charge in [0.1, 0.15) is 0 Å². The normalized spacial score (nSPS) is 12.6. The minimum Gasteiger partial charge on any atom is -0.353 e. The van der Waals surface area contributed by atoms with Crippen LogP contribution in [0.1, 0.15) is 38.3 Å². The minimum absolute atomic E-state index is 0.597. The molecule has 2 heteroatoms. The molecule has 1 aromatic heterocycles. The number of rotatable bonds is 8. The molecule has 90 valence electrons. The van der Waals surface area contributed by atoms with E-state index < -0.39 is 0 Å². The molecule has 0 aliphatic heterocycles. The third-order valence-corrected chi connectivity index (χ3v) is 2.98. The Morgan fingerprint density at radius 2 is 2.31 bits per heavy atom. The summed E-state index contributed by atoms with van der Waals surface area (Å²) in [6.07, 6.45) is 9.03. The van der Waals surface area contributed by atoms with Gasteiger partial charge in [-0.15, -0.1) is 6.58 Å². The highest BCUT2D eigenvalue weighted by atomic mass is 15.0. The highest BCUT2D eigenvalue weighted by Crippen LogP contribution is 2.05. The van der Waals surface area contributed by atoms with Gasteiger partial charge in [0.05, 0.1) is 0 Å². The number of allylic oxidation sites excluding steroid dienone is 1. The monoisotopic (exact) mass is 220 g/mol. The maximum absolute atomic E-state index is 3.74. The molecule has 2 nitrogen and oxygen atoms in total. The van der Waals surface area contributed by atoms with Crippen molar-refractivity contribution in [3.05, 3.63) is 36.7 Å². The maximum atomic E-state index is 3.74. The number of aromatic nitrogens is 1. The van der Waals surface area contributed by atoms with Gasteiger partial charge in [-0.3, -0.25) is 0 Å². The van der Waals surface area contributed by atoms with Gasteiger partial charge in [-0.2, -0.15) is 0 Å². The van der Waals surface area contributed by atoms with Crippen molar-refractivity contribution in [3.8, 4) is 0 Å². The quantitative estimate of drug-likeness (QED) is 0.525. The molecule has 16 heavy (non-hydrogen) atoms. The molecule has 0 radical (unpaired) electrons. The van der Waals surface area contributed by atoms with Crippen LogP contribution in [0.4, 0.5) is 0 Å². The molecule has 1 unspecified atom stereocenters. The van der Waals surface area contributed by atoms with Crippen LogP contribution in [0.25, 0.3) is 0 Å². The zero-order chi connectivity index (χ0) is 11.8. The van der Waals surface area contributed by atoms with Crippen LogP contribution in [0.3, 0.4) is 0 Å². The lowest BCUT2D eigenvalue weighted by molar-refractivity contribution is 0.483.